The summed E-state index contributed by atoms with van der Waals surface area (Å²) in [5.74, 6) is 1.77. The van der Waals surface area contributed by atoms with Crippen LogP contribution in [0, 0.1) is 23.7 Å². The van der Waals surface area contributed by atoms with Gasteiger partial charge in [-0.2, -0.15) is 0 Å². The van der Waals surface area contributed by atoms with Gasteiger partial charge in [-0.3, -0.25) is 4.79 Å². The third kappa shape index (κ3) is 4.74. The molecule has 1 aliphatic carbocycles. The second-order valence-corrected chi connectivity index (χ2v) is 6.87. The summed E-state index contributed by atoms with van der Waals surface area (Å²) in [7, 11) is 1.68. The van der Waals surface area contributed by atoms with Gasteiger partial charge in [0.2, 0.25) is 5.91 Å². The Morgan fingerprint density at radius 1 is 1.30 bits per heavy atom. The second kappa shape index (κ2) is 7.99. The van der Waals surface area contributed by atoms with Crippen molar-refractivity contribution >= 4 is 5.91 Å². The summed E-state index contributed by atoms with van der Waals surface area (Å²) in [6, 6.07) is 0.156. The van der Waals surface area contributed by atoms with Crippen LogP contribution in [0.15, 0.2) is 0 Å². The van der Waals surface area contributed by atoms with E-state index >= 15 is 0 Å². The Balaban J connectivity index is 2.71. The van der Waals surface area contributed by atoms with E-state index in [2.05, 4.69) is 27.7 Å². The molecule has 4 atom stereocenters. The van der Waals surface area contributed by atoms with E-state index in [1.54, 1.807) is 7.11 Å². The zero-order chi connectivity index (χ0) is 15.3. The van der Waals surface area contributed by atoms with Crippen LogP contribution in [0.3, 0.4) is 0 Å². The number of nitrogens with two attached hydrogens (primary N) is 1. The maximum atomic E-state index is 12.8. The van der Waals surface area contributed by atoms with Crippen LogP contribution < -0.4 is 5.73 Å². The van der Waals surface area contributed by atoms with Crippen LogP contribution in [0.1, 0.15) is 40.5 Å². The van der Waals surface area contributed by atoms with Gasteiger partial charge >= 0.3 is 0 Å². The Labute approximate surface area is 124 Å². The molecule has 0 aromatic carbocycles. The molecule has 1 saturated carbocycles. The minimum absolute atomic E-state index is 0.0804. The van der Waals surface area contributed by atoms with E-state index < -0.39 is 0 Å². The average molecular weight is 284 g/mol. The summed E-state index contributed by atoms with van der Waals surface area (Å²) in [5, 5.41) is 0. The molecule has 4 heteroatoms. The van der Waals surface area contributed by atoms with E-state index in [0.717, 1.165) is 19.4 Å². The van der Waals surface area contributed by atoms with Gasteiger partial charge in [0, 0.05) is 32.2 Å². The van der Waals surface area contributed by atoms with Crippen molar-refractivity contribution in [2.75, 3.05) is 26.8 Å². The number of carbonyl (C=O) groups excluding carboxylic acids is 1. The maximum absolute atomic E-state index is 12.8. The minimum atomic E-state index is 0.0804. The van der Waals surface area contributed by atoms with Gasteiger partial charge in [-0.1, -0.05) is 27.7 Å². The number of hydrogen-bond donors (Lipinski definition) is 1. The predicted octanol–water partition coefficient (Wildman–Crippen LogP) is 2.13. The van der Waals surface area contributed by atoms with Crippen molar-refractivity contribution in [3.63, 3.8) is 0 Å². The molecule has 20 heavy (non-hydrogen) atoms. The summed E-state index contributed by atoms with van der Waals surface area (Å²) in [6.45, 7) is 10.8. The van der Waals surface area contributed by atoms with Crippen molar-refractivity contribution < 1.29 is 9.53 Å². The van der Waals surface area contributed by atoms with Gasteiger partial charge in [0.1, 0.15) is 0 Å². The fraction of sp³-hybridized carbons (Fsp3) is 0.938. The first-order valence-electron chi connectivity index (χ1n) is 7.90. The molecule has 1 fully saturated rings. The highest BCUT2D eigenvalue weighted by Gasteiger charge is 2.37. The van der Waals surface area contributed by atoms with Gasteiger partial charge in [-0.15, -0.1) is 0 Å². The van der Waals surface area contributed by atoms with Crippen LogP contribution >= 0.6 is 0 Å². The Bertz CT molecular complexity index is 307. The molecule has 0 heterocycles. The highest BCUT2D eigenvalue weighted by molar-refractivity contribution is 5.79. The van der Waals surface area contributed by atoms with Crippen molar-refractivity contribution in [2.24, 2.45) is 29.4 Å². The lowest BCUT2D eigenvalue weighted by atomic mass is 9.72. The molecular weight excluding hydrogens is 252 g/mol. The predicted molar refractivity (Wildman–Crippen MR) is 82.3 cm³/mol. The molecule has 0 aliphatic heterocycles. The summed E-state index contributed by atoms with van der Waals surface area (Å²) in [6.07, 6.45) is 1.88. The van der Waals surface area contributed by atoms with Crippen molar-refractivity contribution in [3.8, 4) is 0 Å². The molecule has 0 radical (unpaired) electrons. The van der Waals surface area contributed by atoms with E-state index in [9.17, 15) is 4.79 Å². The van der Waals surface area contributed by atoms with Crippen molar-refractivity contribution in [3.05, 3.63) is 0 Å². The Hall–Kier alpha value is -0.610. The number of amides is 1. The molecule has 1 amide bonds. The van der Waals surface area contributed by atoms with E-state index in [4.69, 9.17) is 10.5 Å². The Kier molecular flexibility index (Phi) is 6.96. The van der Waals surface area contributed by atoms with E-state index in [-0.39, 0.29) is 17.9 Å². The van der Waals surface area contributed by atoms with Crippen LogP contribution in [-0.2, 0) is 9.53 Å². The molecule has 0 saturated heterocycles. The van der Waals surface area contributed by atoms with Crippen molar-refractivity contribution in [1.29, 1.82) is 0 Å². The van der Waals surface area contributed by atoms with E-state index in [1.807, 2.05) is 4.90 Å². The fourth-order valence-corrected chi connectivity index (χ4v) is 3.20. The highest BCUT2D eigenvalue weighted by Crippen LogP contribution is 2.34. The molecule has 4 unspecified atom stereocenters. The molecular formula is C16H32N2O2. The molecule has 1 rings (SSSR count). The summed E-state index contributed by atoms with van der Waals surface area (Å²) < 4.78 is 5.14. The third-order valence-corrected chi connectivity index (χ3v) is 4.47. The zero-order valence-electron chi connectivity index (χ0n) is 13.8. The van der Waals surface area contributed by atoms with Gasteiger partial charge in [-0.25, -0.2) is 0 Å². The monoisotopic (exact) mass is 284 g/mol. The quantitative estimate of drug-likeness (QED) is 0.813. The van der Waals surface area contributed by atoms with Gasteiger partial charge < -0.3 is 15.4 Å². The van der Waals surface area contributed by atoms with Crippen LogP contribution in [-0.4, -0.2) is 43.7 Å². The van der Waals surface area contributed by atoms with Crippen LogP contribution in [0.5, 0.6) is 0 Å². The van der Waals surface area contributed by atoms with Gasteiger partial charge in [0.05, 0.1) is 6.61 Å². The molecule has 4 nitrogen and oxygen atoms in total. The number of nitrogens with zero attached hydrogens (tertiary/aromatic N) is 1. The first-order valence-corrected chi connectivity index (χ1v) is 7.90. The molecule has 118 valence electrons. The van der Waals surface area contributed by atoms with E-state index in [0.29, 0.717) is 30.9 Å². The van der Waals surface area contributed by atoms with Gasteiger partial charge in [0.15, 0.2) is 0 Å². The number of carbonyl (C=O) groups is 1. The second-order valence-electron chi connectivity index (χ2n) is 6.87. The first-order chi connectivity index (χ1) is 9.36. The average Bonchev–Trinajstić information content (AvgIpc) is 2.37. The van der Waals surface area contributed by atoms with Crippen molar-refractivity contribution in [1.82, 2.24) is 4.90 Å². The normalized spacial score (nSPS) is 30.6. The molecule has 2 N–H and O–H groups in total. The largest absolute Gasteiger partial charge is 0.383 e. The molecule has 0 spiro atoms. The number of methoxy groups -OCH3 is 1. The Morgan fingerprint density at radius 2 is 1.95 bits per heavy atom. The number of hydrogen-bond acceptors (Lipinski definition) is 3. The zero-order valence-corrected chi connectivity index (χ0v) is 13.8. The lowest BCUT2D eigenvalue weighted by molar-refractivity contribution is -0.140. The first kappa shape index (κ1) is 17.4. The summed E-state index contributed by atoms with van der Waals surface area (Å²) in [4.78, 5) is 14.8. The van der Waals surface area contributed by atoms with E-state index in [1.165, 1.54) is 0 Å². The Morgan fingerprint density at radius 3 is 2.50 bits per heavy atom. The van der Waals surface area contributed by atoms with Crippen LogP contribution in [0.2, 0.25) is 0 Å². The standard InChI is InChI=1S/C16H32N2O2/c1-11(2)10-18(6-7-20-5)16(19)14-9-15(17)13(4)8-12(14)3/h11-15H,6-10,17H2,1-5H3. The topological polar surface area (TPSA) is 55.6 Å². The smallest absolute Gasteiger partial charge is 0.226 e. The highest BCUT2D eigenvalue weighted by atomic mass is 16.5. The van der Waals surface area contributed by atoms with Gasteiger partial charge in [0.25, 0.3) is 0 Å². The molecule has 1 aliphatic rings. The lowest BCUT2D eigenvalue weighted by Gasteiger charge is -2.39. The summed E-state index contributed by atoms with van der Waals surface area (Å²) in [5.41, 5.74) is 6.17. The fourth-order valence-electron chi connectivity index (χ4n) is 3.20. The van der Waals surface area contributed by atoms with Gasteiger partial charge in [-0.05, 0) is 30.6 Å². The van der Waals surface area contributed by atoms with Crippen LogP contribution in [0.4, 0.5) is 0 Å². The third-order valence-electron chi connectivity index (χ3n) is 4.47. The minimum Gasteiger partial charge on any atom is -0.383 e. The van der Waals surface area contributed by atoms with Crippen LogP contribution in [0.25, 0.3) is 0 Å². The summed E-state index contributed by atoms with van der Waals surface area (Å²) >= 11 is 0. The lowest BCUT2D eigenvalue weighted by Crippen LogP contribution is -2.48. The molecule has 0 aromatic rings. The molecule has 0 bridgehead atoms. The number of rotatable bonds is 6. The van der Waals surface area contributed by atoms with Crippen molar-refractivity contribution in [2.45, 2.75) is 46.6 Å². The maximum Gasteiger partial charge on any atom is 0.226 e. The number of ether oxygens (including phenoxy) is 1. The molecule has 0 aromatic heterocycles. The SMILES string of the molecule is COCCN(CC(C)C)C(=O)C1CC(N)C(C)CC1C.